The Balaban J connectivity index is 2.11. The highest BCUT2D eigenvalue weighted by molar-refractivity contribution is 6.02. The van der Waals surface area contributed by atoms with Crippen LogP contribution in [0.1, 0.15) is 16.8 Å². The number of hydrogen-bond donors (Lipinski definition) is 0. The normalized spacial score (nSPS) is 18.3. The fraction of sp³-hybridized carbons (Fsp3) is 0.400. The van der Waals surface area contributed by atoms with Crippen LogP contribution in [-0.2, 0) is 14.3 Å². The quantitative estimate of drug-likeness (QED) is 0.611. The van der Waals surface area contributed by atoms with Crippen molar-refractivity contribution in [3.8, 4) is 5.75 Å². The van der Waals surface area contributed by atoms with E-state index in [-0.39, 0.29) is 24.7 Å². The van der Waals surface area contributed by atoms with Crippen LogP contribution < -0.4 is 4.74 Å². The van der Waals surface area contributed by atoms with E-state index in [1.807, 2.05) is 0 Å². The van der Waals surface area contributed by atoms with Crippen LogP contribution in [0.15, 0.2) is 24.3 Å². The smallest absolute Gasteiger partial charge is 0.318 e. The number of rotatable bonds is 3. The average Bonchev–Trinajstić information content (AvgIpc) is 2.54. The first kappa shape index (κ1) is 15.0. The number of esters is 1. The molecule has 1 fully saturated rings. The molecule has 1 aromatic carbocycles. The third-order valence-electron chi connectivity index (χ3n) is 3.53. The molecule has 0 aliphatic carbocycles. The molecule has 112 valence electrons. The Morgan fingerprint density at radius 3 is 2.43 bits per heavy atom. The van der Waals surface area contributed by atoms with Crippen LogP contribution in [-0.4, -0.2) is 49.9 Å². The second-order valence-corrected chi connectivity index (χ2v) is 4.77. The van der Waals surface area contributed by atoms with Gasteiger partial charge in [-0.15, -0.1) is 0 Å². The zero-order valence-corrected chi connectivity index (χ0v) is 12.0. The lowest BCUT2D eigenvalue weighted by Crippen LogP contribution is -2.47. The number of hydrogen-bond acceptors (Lipinski definition) is 5. The molecule has 0 N–H and O–H groups in total. The van der Waals surface area contributed by atoms with E-state index in [2.05, 4.69) is 4.74 Å². The molecule has 0 bridgehead atoms. The molecule has 1 heterocycles. The summed E-state index contributed by atoms with van der Waals surface area (Å²) < 4.78 is 9.65. The number of carbonyl (C=O) groups is 3. The van der Waals surface area contributed by atoms with Crippen molar-refractivity contribution in [1.29, 1.82) is 0 Å². The number of ketones is 1. The van der Waals surface area contributed by atoms with Gasteiger partial charge in [0.1, 0.15) is 11.7 Å². The highest BCUT2D eigenvalue weighted by atomic mass is 16.5. The number of amides is 1. The maximum atomic E-state index is 12.4. The van der Waals surface area contributed by atoms with E-state index in [0.29, 0.717) is 17.9 Å². The fourth-order valence-electron chi connectivity index (χ4n) is 2.28. The third kappa shape index (κ3) is 3.21. The molecule has 21 heavy (non-hydrogen) atoms. The van der Waals surface area contributed by atoms with Gasteiger partial charge in [0, 0.05) is 25.1 Å². The van der Waals surface area contributed by atoms with Gasteiger partial charge in [-0.1, -0.05) is 0 Å². The Bertz CT molecular complexity index is 544. The molecule has 0 radical (unpaired) electrons. The monoisotopic (exact) mass is 291 g/mol. The molecular weight excluding hydrogens is 274 g/mol. The van der Waals surface area contributed by atoms with Crippen molar-refractivity contribution >= 4 is 17.7 Å². The maximum Gasteiger partial charge on any atom is 0.318 e. The largest absolute Gasteiger partial charge is 0.497 e. The average molecular weight is 291 g/mol. The van der Waals surface area contributed by atoms with Gasteiger partial charge in [0.25, 0.3) is 5.91 Å². The summed E-state index contributed by atoms with van der Waals surface area (Å²) in [6.45, 7) is 0.382. The summed E-state index contributed by atoms with van der Waals surface area (Å²) in [5.41, 5.74) is 0.494. The van der Waals surface area contributed by atoms with Gasteiger partial charge >= 0.3 is 5.97 Å². The number of methoxy groups -OCH3 is 2. The highest BCUT2D eigenvalue weighted by Gasteiger charge is 2.35. The summed E-state index contributed by atoms with van der Waals surface area (Å²) in [6.07, 6.45) is 0.168. The summed E-state index contributed by atoms with van der Waals surface area (Å²) in [5, 5.41) is 0. The minimum absolute atomic E-state index is 0.0658. The molecule has 0 aromatic heterocycles. The van der Waals surface area contributed by atoms with Crippen LogP contribution in [0.25, 0.3) is 0 Å². The van der Waals surface area contributed by atoms with E-state index in [0.717, 1.165) is 0 Å². The Morgan fingerprint density at radius 1 is 1.19 bits per heavy atom. The molecule has 1 unspecified atom stereocenters. The summed E-state index contributed by atoms with van der Waals surface area (Å²) in [7, 11) is 2.79. The van der Waals surface area contributed by atoms with Gasteiger partial charge in [0.05, 0.1) is 14.2 Å². The predicted octanol–water partition coefficient (Wildman–Crippen LogP) is 0.899. The molecule has 1 saturated heterocycles. The number of nitrogens with zero attached hydrogens (tertiary/aromatic N) is 1. The summed E-state index contributed by atoms with van der Waals surface area (Å²) in [6, 6.07) is 6.70. The van der Waals surface area contributed by atoms with Crippen molar-refractivity contribution in [1.82, 2.24) is 4.90 Å². The molecule has 1 atom stereocenters. The summed E-state index contributed by atoms with van der Waals surface area (Å²) >= 11 is 0. The fourth-order valence-corrected chi connectivity index (χ4v) is 2.28. The van der Waals surface area contributed by atoms with E-state index in [1.165, 1.54) is 12.0 Å². The van der Waals surface area contributed by atoms with Gasteiger partial charge in [-0.25, -0.2) is 0 Å². The van der Waals surface area contributed by atoms with Gasteiger partial charge < -0.3 is 14.4 Å². The van der Waals surface area contributed by atoms with Crippen LogP contribution in [0.5, 0.6) is 5.75 Å². The van der Waals surface area contributed by atoms with Crippen molar-refractivity contribution in [3.63, 3.8) is 0 Å². The molecule has 1 aliphatic rings. The molecule has 1 amide bonds. The molecule has 0 spiro atoms. The number of carbonyl (C=O) groups excluding carboxylic acids is 3. The molecule has 1 aromatic rings. The molecule has 2 rings (SSSR count). The van der Waals surface area contributed by atoms with E-state index in [4.69, 9.17) is 4.74 Å². The van der Waals surface area contributed by atoms with E-state index >= 15 is 0 Å². The SMILES string of the molecule is COC(=O)C1CN(C(=O)c2ccc(OC)cc2)CCC1=O. The van der Waals surface area contributed by atoms with Crippen molar-refractivity contribution in [2.75, 3.05) is 27.3 Å². The van der Waals surface area contributed by atoms with Crippen LogP contribution >= 0.6 is 0 Å². The zero-order chi connectivity index (χ0) is 15.4. The zero-order valence-electron chi connectivity index (χ0n) is 12.0. The standard InChI is InChI=1S/C15H17NO5/c1-20-11-5-3-10(4-6-11)14(18)16-8-7-13(17)12(9-16)15(19)21-2/h3-6,12H,7-9H2,1-2H3. The first-order valence-electron chi connectivity index (χ1n) is 6.60. The molecule has 0 saturated carbocycles. The van der Waals surface area contributed by atoms with Crippen molar-refractivity contribution < 1.29 is 23.9 Å². The van der Waals surface area contributed by atoms with Crippen LogP contribution in [0.2, 0.25) is 0 Å². The Hall–Kier alpha value is -2.37. The lowest BCUT2D eigenvalue weighted by molar-refractivity contribution is -0.151. The number of piperidine rings is 1. The van der Waals surface area contributed by atoms with Gasteiger partial charge in [0.15, 0.2) is 5.78 Å². The Morgan fingerprint density at radius 2 is 1.86 bits per heavy atom. The highest BCUT2D eigenvalue weighted by Crippen LogP contribution is 2.18. The molecule has 6 nitrogen and oxygen atoms in total. The van der Waals surface area contributed by atoms with Crippen LogP contribution in [0.3, 0.4) is 0 Å². The third-order valence-corrected chi connectivity index (χ3v) is 3.53. The second kappa shape index (κ2) is 6.39. The summed E-state index contributed by atoms with van der Waals surface area (Å²) in [4.78, 5) is 37.2. The first-order chi connectivity index (χ1) is 10.1. The lowest BCUT2D eigenvalue weighted by atomic mass is 9.96. The number of Topliss-reactive ketones (excluding diaryl/α,β-unsaturated/α-hetero) is 1. The second-order valence-electron chi connectivity index (χ2n) is 4.77. The van der Waals surface area contributed by atoms with E-state index in [9.17, 15) is 14.4 Å². The number of benzene rings is 1. The van der Waals surface area contributed by atoms with Crippen LogP contribution in [0.4, 0.5) is 0 Å². The topological polar surface area (TPSA) is 72.9 Å². The number of ether oxygens (including phenoxy) is 2. The van der Waals surface area contributed by atoms with Crippen LogP contribution in [0, 0.1) is 5.92 Å². The van der Waals surface area contributed by atoms with Crippen molar-refractivity contribution in [3.05, 3.63) is 29.8 Å². The minimum atomic E-state index is -0.883. The minimum Gasteiger partial charge on any atom is -0.497 e. The van der Waals surface area contributed by atoms with Gasteiger partial charge in [0.2, 0.25) is 0 Å². The Kier molecular flexibility index (Phi) is 4.57. The van der Waals surface area contributed by atoms with Gasteiger partial charge in [-0.2, -0.15) is 0 Å². The van der Waals surface area contributed by atoms with E-state index in [1.54, 1.807) is 31.4 Å². The van der Waals surface area contributed by atoms with Crippen molar-refractivity contribution in [2.45, 2.75) is 6.42 Å². The van der Waals surface area contributed by atoms with Gasteiger partial charge in [-0.05, 0) is 24.3 Å². The Labute approximate surface area is 122 Å². The first-order valence-corrected chi connectivity index (χ1v) is 6.60. The summed E-state index contributed by atoms with van der Waals surface area (Å²) in [5.74, 6) is -1.20. The predicted molar refractivity (Wildman–Crippen MR) is 74.0 cm³/mol. The van der Waals surface area contributed by atoms with Crippen molar-refractivity contribution in [2.24, 2.45) is 5.92 Å². The van der Waals surface area contributed by atoms with E-state index < -0.39 is 11.9 Å². The lowest BCUT2D eigenvalue weighted by Gasteiger charge is -2.30. The molecular formula is C15H17NO5. The van der Waals surface area contributed by atoms with Gasteiger partial charge in [-0.3, -0.25) is 14.4 Å². The number of likely N-dealkylation sites (tertiary alicyclic amines) is 1. The maximum absolute atomic E-state index is 12.4. The molecule has 6 heteroatoms. The molecule has 1 aliphatic heterocycles.